The number of benzene rings is 1. The summed E-state index contributed by atoms with van der Waals surface area (Å²) >= 11 is 0. The highest BCUT2D eigenvalue weighted by Gasteiger charge is 2.28. The van der Waals surface area contributed by atoms with Crippen molar-refractivity contribution >= 4 is 11.4 Å². The molecule has 108 valence electrons. The Morgan fingerprint density at radius 3 is 2.45 bits per heavy atom. The highest BCUT2D eigenvalue weighted by atomic mass is 16.6. The molecule has 0 atom stereocenters. The molecule has 1 aliphatic carbocycles. The number of nitrogens with one attached hydrogen (secondary N) is 1. The summed E-state index contributed by atoms with van der Waals surface area (Å²) in [5.41, 5.74) is 2.08. The van der Waals surface area contributed by atoms with Gasteiger partial charge in [0.2, 0.25) is 0 Å². The Hall–Kier alpha value is -1.62. The van der Waals surface area contributed by atoms with E-state index in [2.05, 4.69) is 10.2 Å². The molecule has 1 saturated carbocycles. The number of aryl methyl sites for hydroxylation is 1. The molecule has 1 aromatic carbocycles. The number of nitro benzene ring substituents is 1. The molecule has 0 radical (unpaired) electrons. The zero-order chi connectivity index (χ0) is 14.1. The molecule has 1 aromatic rings. The Morgan fingerprint density at radius 1 is 1.20 bits per heavy atom. The molecule has 0 aromatic heterocycles. The molecule has 0 unspecified atom stereocenters. The molecule has 20 heavy (non-hydrogen) atoms. The van der Waals surface area contributed by atoms with Gasteiger partial charge in [0.05, 0.1) is 4.92 Å². The maximum atomic E-state index is 11.2. The molecular weight excluding hydrogens is 254 g/mol. The molecule has 1 N–H and O–H groups in total. The van der Waals surface area contributed by atoms with Gasteiger partial charge in [0.1, 0.15) is 5.69 Å². The summed E-state index contributed by atoms with van der Waals surface area (Å²) in [5, 5.41) is 14.8. The van der Waals surface area contributed by atoms with Crippen LogP contribution >= 0.6 is 0 Å². The van der Waals surface area contributed by atoms with E-state index in [0.717, 1.165) is 43.2 Å². The third-order valence-electron chi connectivity index (χ3n) is 4.21. The van der Waals surface area contributed by atoms with Crippen molar-refractivity contribution in [3.63, 3.8) is 0 Å². The zero-order valence-electron chi connectivity index (χ0n) is 11.8. The van der Waals surface area contributed by atoms with Gasteiger partial charge in [0.15, 0.2) is 0 Å². The molecule has 5 nitrogen and oxygen atoms in total. The average Bonchev–Trinajstić information content (AvgIpc) is 3.23. The van der Waals surface area contributed by atoms with Crippen molar-refractivity contribution in [2.45, 2.75) is 44.7 Å². The predicted octanol–water partition coefficient (Wildman–Crippen LogP) is 2.62. The Morgan fingerprint density at radius 2 is 1.85 bits per heavy atom. The first-order chi connectivity index (χ1) is 9.63. The fraction of sp³-hybridized carbons (Fsp3) is 0.600. The Labute approximate surface area is 119 Å². The van der Waals surface area contributed by atoms with Gasteiger partial charge in [-0.2, -0.15) is 0 Å². The van der Waals surface area contributed by atoms with Crippen molar-refractivity contribution in [1.82, 2.24) is 5.32 Å². The quantitative estimate of drug-likeness (QED) is 0.678. The van der Waals surface area contributed by atoms with Gasteiger partial charge < -0.3 is 10.2 Å². The van der Waals surface area contributed by atoms with Crippen LogP contribution in [0.1, 0.15) is 31.2 Å². The molecule has 2 fully saturated rings. The van der Waals surface area contributed by atoms with Crippen LogP contribution in [-0.4, -0.2) is 30.1 Å². The van der Waals surface area contributed by atoms with E-state index in [-0.39, 0.29) is 10.6 Å². The van der Waals surface area contributed by atoms with Crippen LogP contribution in [0.15, 0.2) is 18.2 Å². The van der Waals surface area contributed by atoms with Crippen molar-refractivity contribution in [1.29, 1.82) is 0 Å². The lowest BCUT2D eigenvalue weighted by Crippen LogP contribution is -2.43. The van der Waals surface area contributed by atoms with Gasteiger partial charge in [-0.25, -0.2) is 0 Å². The van der Waals surface area contributed by atoms with E-state index in [4.69, 9.17) is 0 Å². The molecule has 1 saturated heterocycles. The van der Waals surface area contributed by atoms with E-state index in [0.29, 0.717) is 6.04 Å². The van der Waals surface area contributed by atoms with Gasteiger partial charge >= 0.3 is 0 Å². The second-order valence-corrected chi connectivity index (χ2v) is 5.95. The van der Waals surface area contributed by atoms with Crippen LogP contribution in [-0.2, 0) is 0 Å². The van der Waals surface area contributed by atoms with E-state index in [9.17, 15) is 10.1 Å². The second-order valence-electron chi connectivity index (χ2n) is 5.95. The normalized spacial score (nSPS) is 20.1. The van der Waals surface area contributed by atoms with Crippen LogP contribution in [0.2, 0.25) is 0 Å². The number of anilines is 1. The van der Waals surface area contributed by atoms with Crippen LogP contribution < -0.4 is 10.2 Å². The minimum Gasteiger partial charge on any atom is -0.366 e. The standard InChI is InChI=1S/C15H21N3O2/c1-11-2-5-14(18(19)20)15(10-11)17-8-6-13(7-9-17)16-12-3-4-12/h2,5,10,12-13,16H,3-4,6-9H2,1H3. The monoisotopic (exact) mass is 275 g/mol. The van der Waals surface area contributed by atoms with E-state index in [1.54, 1.807) is 6.07 Å². The third kappa shape index (κ3) is 2.93. The topological polar surface area (TPSA) is 58.4 Å². The van der Waals surface area contributed by atoms with Gasteiger partial charge in [0, 0.05) is 31.2 Å². The number of hydrogen-bond acceptors (Lipinski definition) is 4. The van der Waals surface area contributed by atoms with E-state index >= 15 is 0 Å². The number of nitro groups is 1. The number of nitrogens with zero attached hydrogens (tertiary/aromatic N) is 2. The molecule has 5 heteroatoms. The molecule has 0 spiro atoms. The molecule has 3 rings (SSSR count). The summed E-state index contributed by atoms with van der Waals surface area (Å²) in [4.78, 5) is 13.0. The van der Waals surface area contributed by atoms with Crippen molar-refractivity contribution in [2.75, 3.05) is 18.0 Å². The molecule has 2 aliphatic rings. The smallest absolute Gasteiger partial charge is 0.292 e. The fourth-order valence-corrected chi connectivity index (χ4v) is 2.91. The van der Waals surface area contributed by atoms with Gasteiger partial charge in [-0.15, -0.1) is 0 Å². The third-order valence-corrected chi connectivity index (χ3v) is 4.21. The van der Waals surface area contributed by atoms with Gasteiger partial charge in [-0.3, -0.25) is 10.1 Å². The molecular formula is C15H21N3O2. The minimum atomic E-state index is -0.274. The lowest BCUT2D eigenvalue weighted by molar-refractivity contribution is -0.384. The Bertz CT molecular complexity index is 506. The fourth-order valence-electron chi connectivity index (χ4n) is 2.91. The zero-order valence-corrected chi connectivity index (χ0v) is 11.8. The average molecular weight is 275 g/mol. The van der Waals surface area contributed by atoms with Crippen molar-refractivity contribution < 1.29 is 4.92 Å². The largest absolute Gasteiger partial charge is 0.366 e. The van der Waals surface area contributed by atoms with Gasteiger partial charge in [-0.05, 0) is 44.2 Å². The molecule has 1 heterocycles. The second kappa shape index (κ2) is 5.40. The van der Waals surface area contributed by atoms with Crippen LogP contribution in [0.4, 0.5) is 11.4 Å². The summed E-state index contributed by atoms with van der Waals surface area (Å²) in [6.45, 7) is 3.78. The minimum absolute atomic E-state index is 0.226. The summed E-state index contributed by atoms with van der Waals surface area (Å²) in [6.07, 6.45) is 4.76. The van der Waals surface area contributed by atoms with Gasteiger partial charge in [-0.1, -0.05) is 6.07 Å². The number of rotatable bonds is 4. The molecule has 0 bridgehead atoms. The van der Waals surface area contributed by atoms with Crippen molar-refractivity contribution in [3.05, 3.63) is 33.9 Å². The van der Waals surface area contributed by atoms with E-state index < -0.39 is 0 Å². The maximum Gasteiger partial charge on any atom is 0.292 e. The molecule has 0 amide bonds. The first kappa shape index (κ1) is 13.4. The van der Waals surface area contributed by atoms with Crippen molar-refractivity contribution in [2.24, 2.45) is 0 Å². The summed E-state index contributed by atoms with van der Waals surface area (Å²) in [6, 6.07) is 6.69. The van der Waals surface area contributed by atoms with E-state index in [1.807, 2.05) is 19.1 Å². The Kier molecular flexibility index (Phi) is 3.61. The highest BCUT2D eigenvalue weighted by molar-refractivity contribution is 5.64. The van der Waals surface area contributed by atoms with Crippen LogP contribution in [0.5, 0.6) is 0 Å². The molecule has 1 aliphatic heterocycles. The Balaban J connectivity index is 1.70. The maximum absolute atomic E-state index is 11.2. The van der Waals surface area contributed by atoms with Crippen LogP contribution in [0.25, 0.3) is 0 Å². The van der Waals surface area contributed by atoms with Crippen LogP contribution in [0, 0.1) is 17.0 Å². The summed E-state index contributed by atoms with van der Waals surface area (Å²) in [7, 11) is 0. The SMILES string of the molecule is Cc1ccc([N+](=O)[O-])c(N2CCC(NC3CC3)CC2)c1. The lowest BCUT2D eigenvalue weighted by atomic mass is 10.0. The van der Waals surface area contributed by atoms with E-state index in [1.165, 1.54) is 12.8 Å². The predicted molar refractivity (Wildman–Crippen MR) is 79.2 cm³/mol. The summed E-state index contributed by atoms with van der Waals surface area (Å²) in [5.74, 6) is 0. The summed E-state index contributed by atoms with van der Waals surface area (Å²) < 4.78 is 0. The lowest BCUT2D eigenvalue weighted by Gasteiger charge is -2.34. The van der Waals surface area contributed by atoms with Crippen LogP contribution in [0.3, 0.4) is 0 Å². The number of piperidine rings is 1. The number of hydrogen-bond donors (Lipinski definition) is 1. The van der Waals surface area contributed by atoms with Gasteiger partial charge in [0.25, 0.3) is 5.69 Å². The first-order valence-corrected chi connectivity index (χ1v) is 7.39. The first-order valence-electron chi connectivity index (χ1n) is 7.39. The highest BCUT2D eigenvalue weighted by Crippen LogP contribution is 2.31. The van der Waals surface area contributed by atoms with Crippen molar-refractivity contribution in [3.8, 4) is 0 Å².